The first-order valence-corrected chi connectivity index (χ1v) is 12.3. The summed E-state index contributed by atoms with van der Waals surface area (Å²) in [6.45, 7) is 4.38. The fourth-order valence-electron chi connectivity index (χ4n) is 4.61. The normalized spacial score (nSPS) is 17.5. The topological polar surface area (TPSA) is 197 Å². The van der Waals surface area contributed by atoms with Crippen LogP contribution in [0.1, 0.15) is 26.7 Å². The van der Waals surface area contributed by atoms with Gasteiger partial charge in [-0.1, -0.05) is 0 Å². The molecule has 0 aliphatic carbocycles. The van der Waals surface area contributed by atoms with E-state index in [1.807, 2.05) is 11.0 Å². The van der Waals surface area contributed by atoms with Gasteiger partial charge in [0.2, 0.25) is 5.95 Å². The number of nitrogens with two attached hydrogens (primary N) is 2. The quantitative estimate of drug-likeness (QED) is 0.344. The van der Waals surface area contributed by atoms with Gasteiger partial charge in [0.05, 0.1) is 12.0 Å². The second-order valence-corrected chi connectivity index (χ2v) is 10.1. The van der Waals surface area contributed by atoms with Crippen molar-refractivity contribution in [2.24, 2.45) is 16.9 Å². The number of aromatic nitrogens is 2. The van der Waals surface area contributed by atoms with E-state index in [0.717, 1.165) is 0 Å². The van der Waals surface area contributed by atoms with Crippen molar-refractivity contribution < 1.29 is 33.0 Å². The molecule has 206 valence electrons. The van der Waals surface area contributed by atoms with Gasteiger partial charge in [0.15, 0.2) is 17.0 Å². The minimum atomic E-state index is -0.962. The number of benzene rings is 1. The molecule has 0 bridgehead atoms. The van der Waals surface area contributed by atoms with Crippen LogP contribution in [-0.4, -0.2) is 60.0 Å². The van der Waals surface area contributed by atoms with Crippen LogP contribution < -0.4 is 31.7 Å². The highest BCUT2D eigenvalue weighted by Crippen LogP contribution is 2.38. The van der Waals surface area contributed by atoms with Crippen molar-refractivity contribution in [1.82, 2.24) is 9.97 Å². The lowest BCUT2D eigenvalue weighted by atomic mass is 9.79. The van der Waals surface area contributed by atoms with E-state index < -0.39 is 23.2 Å². The highest BCUT2D eigenvalue weighted by atomic mass is 16.6. The maximum Gasteiger partial charge on any atom is 0.404 e. The number of carbonyl (C=O) groups is 3. The van der Waals surface area contributed by atoms with Crippen LogP contribution in [0.15, 0.2) is 34.9 Å². The number of nitrogens with zero attached hydrogens (tertiary/aromatic N) is 3. The molecule has 0 unspecified atom stereocenters. The van der Waals surface area contributed by atoms with Gasteiger partial charge in [0, 0.05) is 30.3 Å². The number of amides is 3. The van der Waals surface area contributed by atoms with Gasteiger partial charge in [-0.05, 0) is 44.9 Å². The lowest BCUT2D eigenvalue weighted by Gasteiger charge is -2.40. The number of anilines is 4. The molecule has 1 fully saturated rings. The first-order valence-electron chi connectivity index (χ1n) is 12.3. The van der Waals surface area contributed by atoms with Crippen molar-refractivity contribution in [3.63, 3.8) is 0 Å². The number of hydrogen-bond acceptors (Lipinski definition) is 11. The summed E-state index contributed by atoms with van der Waals surface area (Å²) in [6, 6.07) is 7.06. The molecular weight excluding hydrogens is 510 g/mol. The summed E-state index contributed by atoms with van der Waals surface area (Å²) in [5, 5.41) is 6.05. The lowest BCUT2D eigenvalue weighted by molar-refractivity contribution is -0.129. The van der Waals surface area contributed by atoms with E-state index in [-0.39, 0.29) is 19.1 Å². The highest BCUT2D eigenvalue weighted by Gasteiger charge is 2.39. The number of furan rings is 1. The van der Waals surface area contributed by atoms with Crippen LogP contribution in [0.3, 0.4) is 0 Å². The fraction of sp³-hybridized carbons (Fsp3) is 0.400. The molecule has 6 N–H and O–H groups in total. The van der Waals surface area contributed by atoms with E-state index in [4.69, 9.17) is 35.1 Å². The molecule has 2 aliphatic heterocycles. The number of piperidine rings is 1. The molecule has 3 aromatic rings. The van der Waals surface area contributed by atoms with Crippen molar-refractivity contribution in [2.45, 2.75) is 32.3 Å². The number of ether oxygens (including phenoxy) is 3. The molecule has 39 heavy (non-hydrogen) atoms. The summed E-state index contributed by atoms with van der Waals surface area (Å²) in [5.74, 6) is 1.22. The Morgan fingerprint density at radius 1 is 1.10 bits per heavy atom. The second kappa shape index (κ2) is 9.85. The summed E-state index contributed by atoms with van der Waals surface area (Å²) in [7, 11) is 0. The molecular formula is C25H29N7O7. The van der Waals surface area contributed by atoms with Gasteiger partial charge in [0.25, 0.3) is 5.91 Å². The minimum Gasteiger partial charge on any atom is -0.476 e. The molecule has 14 heteroatoms. The Labute approximate surface area is 223 Å². The van der Waals surface area contributed by atoms with Gasteiger partial charge in [-0.3, -0.25) is 4.79 Å². The molecule has 0 saturated carbocycles. The van der Waals surface area contributed by atoms with Gasteiger partial charge in [-0.15, -0.1) is 0 Å². The summed E-state index contributed by atoms with van der Waals surface area (Å²) in [6.07, 6.45) is 0.733. The Morgan fingerprint density at radius 2 is 1.79 bits per heavy atom. The number of carbonyl (C=O) groups excluding carboxylic acids is 3. The van der Waals surface area contributed by atoms with Crippen molar-refractivity contribution >= 4 is 52.3 Å². The maximum atomic E-state index is 12.3. The number of fused-ring (bicyclic) bond motifs is 2. The average molecular weight is 540 g/mol. The Morgan fingerprint density at radius 3 is 2.46 bits per heavy atom. The number of hydrogen-bond donors (Lipinski definition) is 4. The monoisotopic (exact) mass is 539 g/mol. The van der Waals surface area contributed by atoms with Crippen LogP contribution in [0.5, 0.6) is 5.75 Å². The summed E-state index contributed by atoms with van der Waals surface area (Å²) < 4.78 is 21.6. The first-order chi connectivity index (χ1) is 18.5. The van der Waals surface area contributed by atoms with Crippen molar-refractivity contribution in [2.75, 3.05) is 41.8 Å². The third-order valence-corrected chi connectivity index (χ3v) is 6.85. The van der Waals surface area contributed by atoms with E-state index in [1.165, 1.54) is 6.26 Å². The van der Waals surface area contributed by atoms with Crippen LogP contribution in [0.25, 0.3) is 11.1 Å². The van der Waals surface area contributed by atoms with Gasteiger partial charge in [0.1, 0.15) is 24.5 Å². The molecule has 5 rings (SSSR count). The van der Waals surface area contributed by atoms with Crippen LogP contribution in [0.2, 0.25) is 0 Å². The zero-order chi connectivity index (χ0) is 27.8. The van der Waals surface area contributed by atoms with Crippen LogP contribution >= 0.6 is 0 Å². The van der Waals surface area contributed by atoms with E-state index in [9.17, 15) is 14.4 Å². The average Bonchev–Trinajstić information content (AvgIpc) is 3.36. The standard InChI is InChI=1S/C25H29N7O7/c1-24(2)20(33)29-16-11-14(3-4-17(16)39-24)28-23-30-15-5-10-36-18(15)19(31-23)32-8-6-25(7-9-32,12-37-21(26)34)13-38-22(27)35/h3-5,10-11H,6-9,12-13H2,1-2H3,(H2,26,34)(H2,27,35)(H,29,33)(H,28,30,31). The van der Waals surface area contributed by atoms with Crippen LogP contribution in [0.4, 0.5) is 32.7 Å². The van der Waals surface area contributed by atoms with Gasteiger partial charge < -0.3 is 45.6 Å². The van der Waals surface area contributed by atoms with Crippen molar-refractivity contribution in [3.8, 4) is 5.75 Å². The zero-order valence-corrected chi connectivity index (χ0v) is 21.5. The van der Waals surface area contributed by atoms with E-state index in [1.54, 1.807) is 32.0 Å². The molecule has 0 spiro atoms. The molecule has 1 saturated heterocycles. The van der Waals surface area contributed by atoms with E-state index in [2.05, 4.69) is 15.6 Å². The second-order valence-electron chi connectivity index (χ2n) is 10.1. The number of nitrogens with one attached hydrogen (secondary N) is 2. The largest absolute Gasteiger partial charge is 0.476 e. The molecule has 2 aliphatic rings. The van der Waals surface area contributed by atoms with E-state index >= 15 is 0 Å². The minimum absolute atomic E-state index is 0.00798. The third kappa shape index (κ3) is 5.44. The van der Waals surface area contributed by atoms with Gasteiger partial charge in [-0.25, -0.2) is 14.6 Å². The summed E-state index contributed by atoms with van der Waals surface area (Å²) >= 11 is 0. The van der Waals surface area contributed by atoms with Crippen LogP contribution in [0, 0.1) is 5.41 Å². The van der Waals surface area contributed by atoms with Crippen LogP contribution in [-0.2, 0) is 14.3 Å². The Balaban J connectivity index is 1.36. The first kappa shape index (κ1) is 25.9. The van der Waals surface area contributed by atoms with Crippen molar-refractivity contribution in [1.29, 1.82) is 0 Å². The Kier molecular flexibility index (Phi) is 6.54. The predicted molar refractivity (Wildman–Crippen MR) is 140 cm³/mol. The number of rotatable bonds is 7. The van der Waals surface area contributed by atoms with Crippen molar-refractivity contribution in [3.05, 3.63) is 30.5 Å². The van der Waals surface area contributed by atoms with E-state index in [0.29, 0.717) is 65.9 Å². The molecule has 3 amide bonds. The smallest absolute Gasteiger partial charge is 0.404 e. The van der Waals surface area contributed by atoms with Gasteiger partial charge >= 0.3 is 12.2 Å². The predicted octanol–water partition coefficient (Wildman–Crippen LogP) is 2.85. The molecule has 4 heterocycles. The SMILES string of the molecule is CC1(C)Oc2ccc(Nc3nc(N4CCC(COC(N)=O)(COC(N)=O)CC4)c4occc4n3)cc2NC1=O. The van der Waals surface area contributed by atoms with Gasteiger partial charge in [-0.2, -0.15) is 4.98 Å². The number of primary amides is 2. The third-order valence-electron chi connectivity index (χ3n) is 6.85. The molecule has 14 nitrogen and oxygen atoms in total. The Bertz CT molecular complexity index is 1410. The molecule has 2 aromatic heterocycles. The summed E-state index contributed by atoms with van der Waals surface area (Å²) in [5.41, 5.74) is 11.0. The summed E-state index contributed by atoms with van der Waals surface area (Å²) in [4.78, 5) is 46.1. The Hall–Kier alpha value is -4.75. The zero-order valence-electron chi connectivity index (χ0n) is 21.5. The molecule has 0 radical (unpaired) electrons. The fourth-order valence-corrected chi connectivity index (χ4v) is 4.61. The highest BCUT2D eigenvalue weighted by molar-refractivity contribution is 6.00. The molecule has 1 aromatic carbocycles. The lowest BCUT2D eigenvalue weighted by Crippen LogP contribution is -2.46. The molecule has 0 atom stereocenters. The maximum absolute atomic E-state index is 12.3.